The molecule has 1 aromatic heterocycles. The standard InChI is InChI=1S/C26H26N6O4/c1-31-15-26(35,16-31)11-10-18-8-9-21-20(12-18)32(2)25(34)19(14-36-21)27-24(33)23-28-22(29-30-23)13-17-6-4-3-5-7-17/h3-9,12,19,35H,13-16H2,1-2H3,(H,27,33)(H,28,29,30)/t19-/m1/s1. The average Bonchev–Trinajstić information content (AvgIpc) is 3.29. The van der Waals surface area contributed by atoms with E-state index in [2.05, 4.69) is 32.3 Å². The summed E-state index contributed by atoms with van der Waals surface area (Å²) in [6.07, 6.45) is 0.504. The van der Waals surface area contributed by atoms with Crippen LogP contribution in [-0.4, -0.2) is 82.4 Å². The first-order chi connectivity index (χ1) is 17.3. The number of hydrogen-bond donors (Lipinski definition) is 3. The smallest absolute Gasteiger partial charge is 0.291 e. The van der Waals surface area contributed by atoms with Crippen molar-refractivity contribution in [2.75, 3.05) is 38.7 Å². The summed E-state index contributed by atoms with van der Waals surface area (Å²) in [5.41, 5.74) is 1.19. The van der Waals surface area contributed by atoms with Gasteiger partial charge < -0.3 is 20.1 Å². The second kappa shape index (κ2) is 9.45. The van der Waals surface area contributed by atoms with Crippen LogP contribution in [0.25, 0.3) is 0 Å². The lowest BCUT2D eigenvalue weighted by Crippen LogP contribution is -2.59. The van der Waals surface area contributed by atoms with Gasteiger partial charge in [0.05, 0.1) is 5.69 Å². The third-order valence-corrected chi connectivity index (χ3v) is 6.11. The molecule has 1 saturated heterocycles. The largest absolute Gasteiger partial charge is 0.489 e. The maximum Gasteiger partial charge on any atom is 0.291 e. The Labute approximate surface area is 208 Å². The van der Waals surface area contributed by atoms with Crippen LogP contribution in [0.4, 0.5) is 5.69 Å². The van der Waals surface area contributed by atoms with Crippen molar-refractivity contribution in [3.8, 4) is 17.6 Å². The highest BCUT2D eigenvalue weighted by atomic mass is 16.5. The molecule has 0 unspecified atom stereocenters. The highest BCUT2D eigenvalue weighted by Crippen LogP contribution is 2.31. The summed E-state index contributed by atoms with van der Waals surface area (Å²) in [6.45, 7) is 0.944. The van der Waals surface area contributed by atoms with Crippen LogP contribution in [-0.2, 0) is 11.2 Å². The normalized spacial score (nSPS) is 18.7. The summed E-state index contributed by atoms with van der Waals surface area (Å²) in [4.78, 5) is 33.6. The predicted molar refractivity (Wildman–Crippen MR) is 132 cm³/mol. The van der Waals surface area contributed by atoms with Crippen LogP contribution < -0.4 is 15.0 Å². The number of carbonyl (C=O) groups is 2. The lowest BCUT2D eigenvalue weighted by Gasteiger charge is -2.40. The number of nitrogens with zero attached hydrogens (tertiary/aromatic N) is 4. The van der Waals surface area contributed by atoms with Crippen LogP contribution in [0, 0.1) is 11.8 Å². The minimum atomic E-state index is -1.02. The van der Waals surface area contributed by atoms with Crippen LogP contribution in [0.1, 0.15) is 27.6 Å². The molecule has 0 saturated carbocycles. The Morgan fingerprint density at radius 3 is 2.78 bits per heavy atom. The van der Waals surface area contributed by atoms with Gasteiger partial charge in [0.2, 0.25) is 5.82 Å². The summed E-state index contributed by atoms with van der Waals surface area (Å²) in [7, 11) is 3.53. The van der Waals surface area contributed by atoms with Gasteiger partial charge in [-0.2, -0.15) is 0 Å². The molecular formula is C26H26N6O4. The summed E-state index contributed by atoms with van der Waals surface area (Å²) in [5, 5.41) is 19.8. The molecule has 0 aliphatic carbocycles. The lowest BCUT2D eigenvalue weighted by molar-refractivity contribution is -0.120. The molecule has 0 bridgehead atoms. The molecule has 2 aliphatic heterocycles. The number of benzene rings is 2. The van der Waals surface area contributed by atoms with Gasteiger partial charge in [-0.3, -0.25) is 19.6 Å². The van der Waals surface area contributed by atoms with Crippen LogP contribution >= 0.6 is 0 Å². The fourth-order valence-corrected chi connectivity index (χ4v) is 4.28. The number of carbonyl (C=O) groups excluding carboxylic acids is 2. The minimum Gasteiger partial charge on any atom is -0.489 e. The van der Waals surface area contributed by atoms with E-state index in [4.69, 9.17) is 4.74 Å². The number of fused-ring (bicyclic) bond motifs is 1. The highest BCUT2D eigenvalue weighted by Gasteiger charge is 2.37. The molecule has 36 heavy (non-hydrogen) atoms. The van der Waals surface area contributed by atoms with Crippen molar-refractivity contribution in [2.45, 2.75) is 18.1 Å². The first kappa shape index (κ1) is 23.5. The Hall–Kier alpha value is -4.20. The maximum absolute atomic E-state index is 13.1. The van der Waals surface area contributed by atoms with E-state index in [0.717, 1.165) is 5.56 Å². The Morgan fingerprint density at radius 2 is 2.03 bits per heavy atom. The van der Waals surface area contributed by atoms with Crippen molar-refractivity contribution >= 4 is 17.5 Å². The van der Waals surface area contributed by atoms with Crippen molar-refractivity contribution in [3.05, 3.63) is 71.3 Å². The Morgan fingerprint density at radius 1 is 1.25 bits per heavy atom. The van der Waals surface area contributed by atoms with Gasteiger partial charge in [-0.25, -0.2) is 4.98 Å². The summed E-state index contributed by atoms with van der Waals surface area (Å²) < 4.78 is 5.84. The van der Waals surface area contributed by atoms with Gasteiger partial charge in [0, 0.05) is 32.1 Å². The first-order valence-corrected chi connectivity index (χ1v) is 11.5. The lowest BCUT2D eigenvalue weighted by atomic mass is 9.95. The zero-order valence-electron chi connectivity index (χ0n) is 20.0. The number of H-pyrrole nitrogens is 1. The molecule has 3 N–H and O–H groups in total. The van der Waals surface area contributed by atoms with E-state index >= 15 is 0 Å². The monoisotopic (exact) mass is 486 g/mol. The predicted octanol–water partition coefficient (Wildman–Crippen LogP) is 0.577. The van der Waals surface area contributed by atoms with Gasteiger partial charge in [-0.1, -0.05) is 42.2 Å². The number of anilines is 1. The zero-order valence-corrected chi connectivity index (χ0v) is 20.0. The molecular weight excluding hydrogens is 460 g/mol. The van der Waals surface area contributed by atoms with Gasteiger partial charge in [0.15, 0.2) is 5.60 Å². The van der Waals surface area contributed by atoms with E-state index in [1.54, 1.807) is 25.2 Å². The Kier molecular flexibility index (Phi) is 6.18. The zero-order chi connectivity index (χ0) is 25.3. The van der Waals surface area contributed by atoms with Crippen LogP contribution in [0.2, 0.25) is 0 Å². The van der Waals surface area contributed by atoms with Gasteiger partial charge in [0.1, 0.15) is 24.2 Å². The van der Waals surface area contributed by atoms with Crippen LogP contribution in [0.3, 0.4) is 0 Å². The molecule has 1 atom stereocenters. The number of nitrogens with one attached hydrogen (secondary N) is 2. The summed E-state index contributed by atoms with van der Waals surface area (Å²) in [6, 6.07) is 14.0. The number of rotatable bonds is 4. The number of amides is 2. The van der Waals surface area contributed by atoms with Crippen molar-refractivity contribution in [3.63, 3.8) is 0 Å². The van der Waals surface area contributed by atoms with Crippen LogP contribution in [0.15, 0.2) is 48.5 Å². The van der Waals surface area contributed by atoms with E-state index in [9.17, 15) is 14.7 Å². The molecule has 5 rings (SSSR count). The molecule has 0 radical (unpaired) electrons. The van der Waals surface area contributed by atoms with Gasteiger partial charge >= 0.3 is 0 Å². The van der Waals surface area contributed by atoms with E-state index in [-0.39, 0.29) is 18.3 Å². The van der Waals surface area contributed by atoms with Crippen molar-refractivity contribution in [2.24, 2.45) is 0 Å². The molecule has 2 amide bonds. The van der Waals surface area contributed by atoms with Gasteiger partial charge in [-0.05, 0) is 30.8 Å². The molecule has 3 heterocycles. The van der Waals surface area contributed by atoms with Crippen molar-refractivity contribution in [1.29, 1.82) is 0 Å². The summed E-state index contributed by atoms with van der Waals surface area (Å²) >= 11 is 0. The van der Waals surface area contributed by atoms with E-state index < -0.39 is 17.6 Å². The molecule has 2 aromatic carbocycles. The third-order valence-electron chi connectivity index (χ3n) is 6.11. The maximum atomic E-state index is 13.1. The van der Waals surface area contributed by atoms with Crippen molar-refractivity contribution < 1.29 is 19.4 Å². The second-order valence-corrected chi connectivity index (χ2v) is 9.14. The average molecular weight is 487 g/mol. The van der Waals surface area contributed by atoms with Crippen LogP contribution in [0.5, 0.6) is 5.75 Å². The number of aliphatic hydroxyl groups is 1. The number of β-amino-alcohol motifs (C(OH)–C–C–N with tert-alkyl or cyclic N) is 1. The van der Waals surface area contributed by atoms with E-state index in [1.165, 1.54) is 4.90 Å². The number of ether oxygens (including phenoxy) is 1. The van der Waals surface area contributed by atoms with Gasteiger partial charge in [0.25, 0.3) is 11.8 Å². The SMILES string of the molecule is CN1CC(O)(C#Cc2ccc3c(c2)N(C)C(=O)[C@H](NC(=O)c2n[nH]c(Cc4ccccc4)n2)CO3)C1. The first-order valence-electron chi connectivity index (χ1n) is 11.5. The fourth-order valence-electron chi connectivity index (χ4n) is 4.28. The molecule has 3 aromatic rings. The number of hydrogen-bond acceptors (Lipinski definition) is 7. The number of aromatic amines is 1. The number of aromatic nitrogens is 3. The topological polar surface area (TPSA) is 124 Å². The summed E-state index contributed by atoms with van der Waals surface area (Å²) in [5.74, 6) is 5.98. The van der Waals surface area contributed by atoms with E-state index in [0.29, 0.717) is 42.3 Å². The molecule has 184 valence electrons. The molecule has 10 heteroatoms. The molecule has 10 nitrogen and oxygen atoms in total. The number of likely N-dealkylation sites (tertiary alicyclic amines) is 1. The second-order valence-electron chi connectivity index (χ2n) is 9.14. The van der Waals surface area contributed by atoms with E-state index in [1.807, 2.05) is 42.3 Å². The highest BCUT2D eigenvalue weighted by molar-refractivity contribution is 6.02. The Balaban J connectivity index is 1.26. The third kappa shape index (κ3) is 4.93. The molecule has 1 fully saturated rings. The Bertz CT molecular complexity index is 1350. The van der Waals surface area contributed by atoms with Gasteiger partial charge in [-0.15, -0.1) is 5.10 Å². The fraction of sp³-hybridized carbons (Fsp3) is 0.308. The minimum absolute atomic E-state index is 0.0413. The van der Waals surface area contributed by atoms with Crippen molar-refractivity contribution in [1.82, 2.24) is 25.4 Å². The molecule has 2 aliphatic rings. The molecule has 0 spiro atoms. The quantitative estimate of drug-likeness (QED) is 0.461. The number of likely N-dealkylation sites (N-methyl/N-ethyl adjacent to an activating group) is 2.